The van der Waals surface area contributed by atoms with Crippen LogP contribution in [-0.2, 0) is 11.3 Å². The summed E-state index contributed by atoms with van der Waals surface area (Å²) in [6.07, 6.45) is 4.74. The quantitative estimate of drug-likeness (QED) is 0.824. The van der Waals surface area contributed by atoms with Crippen molar-refractivity contribution in [2.24, 2.45) is 0 Å². The molecule has 1 fully saturated rings. The molecule has 0 aromatic carbocycles. The van der Waals surface area contributed by atoms with E-state index in [9.17, 15) is 13.4 Å². The van der Waals surface area contributed by atoms with Crippen molar-refractivity contribution in [1.82, 2.24) is 14.3 Å². The zero-order valence-corrected chi connectivity index (χ0v) is 11.8. The molecule has 0 spiro atoms. The Kier molecular flexibility index (Phi) is 3.60. The maximum Gasteiger partial charge on any atom is 0.268 e. The summed E-state index contributed by atoms with van der Waals surface area (Å²) in [7, 11) is 0. The second-order valence-electron chi connectivity index (χ2n) is 4.74. The molecule has 7 nitrogen and oxygen atoms in total. The number of halogens is 1. The van der Waals surface area contributed by atoms with Gasteiger partial charge in [-0.25, -0.2) is 17.8 Å². The highest BCUT2D eigenvalue weighted by Crippen LogP contribution is 2.27. The molecule has 1 saturated heterocycles. The van der Waals surface area contributed by atoms with Crippen LogP contribution in [0, 0.1) is 5.82 Å². The summed E-state index contributed by atoms with van der Waals surface area (Å²) in [5, 5.41) is 3.89. The van der Waals surface area contributed by atoms with Crippen LogP contribution in [0.15, 0.2) is 18.5 Å². The summed E-state index contributed by atoms with van der Waals surface area (Å²) in [4.78, 5) is 13.7. The number of rotatable bonds is 3. The summed E-state index contributed by atoms with van der Waals surface area (Å²) >= 11 is -2.51. The third-order valence-corrected chi connectivity index (χ3v) is 3.83. The Balaban J connectivity index is 2.08. The predicted molar refractivity (Wildman–Crippen MR) is 74.8 cm³/mol. The molecule has 1 unspecified atom stereocenters. The molecule has 2 aromatic rings. The number of carbonyl (C=O) groups excluding carboxylic acids is 1. The van der Waals surface area contributed by atoms with Crippen molar-refractivity contribution in [3.8, 4) is 0 Å². The number of aromatic nitrogens is 2. The molecule has 2 N–H and O–H groups in total. The largest absolute Gasteiger partial charge is 0.369 e. The fourth-order valence-electron chi connectivity index (χ4n) is 2.53. The van der Waals surface area contributed by atoms with E-state index in [1.165, 1.54) is 10.7 Å². The lowest BCUT2D eigenvalue weighted by molar-refractivity contribution is 0.0982. The Morgan fingerprint density at radius 3 is 2.81 bits per heavy atom. The Bertz CT molecular complexity index is 727. The van der Waals surface area contributed by atoms with Crippen molar-refractivity contribution in [2.75, 3.05) is 18.0 Å². The van der Waals surface area contributed by atoms with Crippen LogP contribution in [0.5, 0.6) is 0 Å². The van der Waals surface area contributed by atoms with Gasteiger partial charge in [-0.2, -0.15) is 5.10 Å². The van der Waals surface area contributed by atoms with Gasteiger partial charge in [0.2, 0.25) is 0 Å². The van der Waals surface area contributed by atoms with Gasteiger partial charge in [-0.3, -0.25) is 9.35 Å². The number of pyridine rings is 1. The highest BCUT2D eigenvalue weighted by molar-refractivity contribution is 7.77. The van der Waals surface area contributed by atoms with E-state index >= 15 is 0 Å². The lowest BCUT2D eigenvalue weighted by atomic mass is 10.2. The standard InChI is InChI=1S/C12H13FN4O3S/c13-10-9(16-4-1-2-5-16)3-6-17-11(10)8(7-14-17)12(18)15-21(19)20/h3,6-7H,1-2,4-5H2,(H,15,18)(H,19,20). The zero-order valence-electron chi connectivity index (χ0n) is 11.0. The van der Waals surface area contributed by atoms with Gasteiger partial charge >= 0.3 is 0 Å². The minimum atomic E-state index is -2.51. The average molecular weight is 312 g/mol. The van der Waals surface area contributed by atoms with Gasteiger partial charge in [0.1, 0.15) is 5.52 Å². The van der Waals surface area contributed by atoms with E-state index in [1.807, 2.05) is 9.62 Å². The molecule has 0 radical (unpaired) electrons. The van der Waals surface area contributed by atoms with Gasteiger partial charge in [-0.05, 0) is 18.9 Å². The maximum atomic E-state index is 14.7. The molecule has 1 aliphatic rings. The Morgan fingerprint density at radius 2 is 2.14 bits per heavy atom. The minimum Gasteiger partial charge on any atom is -0.369 e. The SMILES string of the molecule is O=C(NS(=O)O)c1cnn2ccc(N3CCCC3)c(F)c12. The molecular formula is C12H13FN4O3S. The van der Waals surface area contributed by atoms with Gasteiger partial charge in [0.15, 0.2) is 5.82 Å². The highest BCUT2D eigenvalue weighted by atomic mass is 32.2. The first-order chi connectivity index (χ1) is 10.1. The summed E-state index contributed by atoms with van der Waals surface area (Å²) in [5.74, 6) is -1.39. The van der Waals surface area contributed by atoms with Gasteiger partial charge < -0.3 is 4.90 Å². The highest BCUT2D eigenvalue weighted by Gasteiger charge is 2.23. The number of hydrogen-bond acceptors (Lipinski definition) is 4. The fourth-order valence-corrected chi connectivity index (χ4v) is 2.80. The van der Waals surface area contributed by atoms with E-state index in [1.54, 1.807) is 12.3 Å². The van der Waals surface area contributed by atoms with Crippen LogP contribution in [0.2, 0.25) is 0 Å². The van der Waals surface area contributed by atoms with Crippen LogP contribution < -0.4 is 9.62 Å². The number of hydrogen-bond donors (Lipinski definition) is 2. The molecule has 0 aliphatic carbocycles. The second kappa shape index (κ2) is 5.41. The molecule has 0 saturated carbocycles. The average Bonchev–Trinajstić information content (AvgIpc) is 3.07. The van der Waals surface area contributed by atoms with E-state index in [4.69, 9.17) is 4.55 Å². The first-order valence-electron chi connectivity index (χ1n) is 6.40. The molecule has 3 heterocycles. The van der Waals surface area contributed by atoms with E-state index in [0.29, 0.717) is 5.69 Å². The molecule has 9 heteroatoms. The molecule has 0 bridgehead atoms. The lowest BCUT2D eigenvalue weighted by Crippen LogP contribution is -2.25. The molecule has 1 aliphatic heterocycles. The molecular weight excluding hydrogens is 299 g/mol. The number of anilines is 1. The van der Waals surface area contributed by atoms with Crippen molar-refractivity contribution in [3.05, 3.63) is 29.8 Å². The molecule has 3 rings (SSSR count). The van der Waals surface area contributed by atoms with Crippen LogP contribution in [0.1, 0.15) is 23.2 Å². The van der Waals surface area contributed by atoms with Crippen LogP contribution in [0.3, 0.4) is 0 Å². The molecule has 1 atom stereocenters. The fraction of sp³-hybridized carbons (Fsp3) is 0.333. The van der Waals surface area contributed by atoms with Gasteiger partial charge in [0, 0.05) is 19.3 Å². The molecule has 112 valence electrons. The summed E-state index contributed by atoms with van der Waals surface area (Å²) in [5.41, 5.74) is 0.345. The van der Waals surface area contributed by atoms with Crippen molar-refractivity contribution >= 4 is 28.4 Å². The summed E-state index contributed by atoms with van der Waals surface area (Å²) in [6, 6.07) is 1.62. The van der Waals surface area contributed by atoms with Crippen molar-refractivity contribution < 1.29 is 17.9 Å². The summed E-state index contributed by atoms with van der Waals surface area (Å²) < 4.78 is 37.1. The van der Waals surface area contributed by atoms with Gasteiger partial charge in [0.25, 0.3) is 17.2 Å². The first kappa shape index (κ1) is 14.0. The predicted octanol–water partition coefficient (Wildman–Crippen LogP) is 0.940. The van der Waals surface area contributed by atoms with Crippen LogP contribution >= 0.6 is 0 Å². The topological polar surface area (TPSA) is 86.9 Å². The smallest absolute Gasteiger partial charge is 0.268 e. The van der Waals surface area contributed by atoms with Gasteiger partial charge in [-0.1, -0.05) is 0 Å². The number of amides is 1. The maximum absolute atomic E-state index is 14.7. The Labute approximate surface area is 122 Å². The monoisotopic (exact) mass is 312 g/mol. The number of fused-ring (bicyclic) bond motifs is 1. The van der Waals surface area contributed by atoms with E-state index in [2.05, 4.69) is 5.10 Å². The second-order valence-corrected chi connectivity index (χ2v) is 5.44. The zero-order chi connectivity index (χ0) is 15.0. The van der Waals surface area contributed by atoms with Crippen LogP contribution in [0.25, 0.3) is 5.52 Å². The van der Waals surface area contributed by atoms with E-state index in [0.717, 1.165) is 25.9 Å². The number of nitrogens with one attached hydrogen (secondary N) is 1. The van der Waals surface area contributed by atoms with Crippen molar-refractivity contribution in [1.29, 1.82) is 0 Å². The third-order valence-electron chi connectivity index (χ3n) is 3.47. The number of nitrogens with zero attached hydrogens (tertiary/aromatic N) is 3. The summed E-state index contributed by atoms with van der Waals surface area (Å²) in [6.45, 7) is 1.53. The number of carbonyl (C=O) groups is 1. The van der Waals surface area contributed by atoms with Crippen LogP contribution in [0.4, 0.5) is 10.1 Å². The normalized spacial score (nSPS) is 16.4. The van der Waals surface area contributed by atoms with E-state index in [-0.39, 0.29) is 11.1 Å². The van der Waals surface area contributed by atoms with E-state index < -0.39 is 23.0 Å². The van der Waals surface area contributed by atoms with Crippen LogP contribution in [-0.4, -0.2) is 37.4 Å². The first-order valence-corrected chi connectivity index (χ1v) is 7.51. The van der Waals surface area contributed by atoms with Gasteiger partial charge in [0.05, 0.1) is 17.4 Å². The molecule has 21 heavy (non-hydrogen) atoms. The van der Waals surface area contributed by atoms with Crippen molar-refractivity contribution in [2.45, 2.75) is 12.8 Å². The molecule has 1 amide bonds. The third kappa shape index (κ3) is 2.49. The Morgan fingerprint density at radius 1 is 1.43 bits per heavy atom. The molecule has 2 aromatic heterocycles. The Hall–Kier alpha value is -2.00. The minimum absolute atomic E-state index is 0.00218. The lowest BCUT2D eigenvalue weighted by Gasteiger charge is -2.18. The van der Waals surface area contributed by atoms with Crippen molar-refractivity contribution in [3.63, 3.8) is 0 Å². The van der Waals surface area contributed by atoms with Gasteiger partial charge in [-0.15, -0.1) is 0 Å².